The van der Waals surface area contributed by atoms with Gasteiger partial charge in [-0.25, -0.2) is 0 Å². The van der Waals surface area contributed by atoms with Gasteiger partial charge in [-0.15, -0.1) is 5.10 Å². The Kier molecular flexibility index (Phi) is 4.75. The maximum Gasteiger partial charge on any atom is 0.151 e. The Labute approximate surface area is 116 Å². The molecule has 0 spiro atoms. The Balaban J connectivity index is 2.01. The van der Waals surface area contributed by atoms with E-state index in [0.29, 0.717) is 18.0 Å². The van der Waals surface area contributed by atoms with Gasteiger partial charge in [-0.1, -0.05) is 27.7 Å². The van der Waals surface area contributed by atoms with Crippen molar-refractivity contribution in [1.29, 1.82) is 0 Å². The lowest BCUT2D eigenvalue weighted by atomic mass is 10.0. The molecule has 1 saturated heterocycles. The van der Waals surface area contributed by atoms with Gasteiger partial charge in [0.2, 0.25) is 0 Å². The minimum Gasteiger partial charge on any atom is -0.352 e. The van der Waals surface area contributed by atoms with E-state index >= 15 is 0 Å². The van der Waals surface area contributed by atoms with Crippen molar-refractivity contribution in [1.82, 2.24) is 15.5 Å². The van der Waals surface area contributed by atoms with Crippen LogP contribution in [0.15, 0.2) is 12.1 Å². The van der Waals surface area contributed by atoms with Gasteiger partial charge in [0, 0.05) is 25.2 Å². The lowest BCUT2D eigenvalue weighted by Gasteiger charge is -2.28. The molecule has 4 nitrogen and oxygen atoms in total. The van der Waals surface area contributed by atoms with Gasteiger partial charge in [-0.2, -0.15) is 5.10 Å². The van der Waals surface area contributed by atoms with E-state index in [4.69, 9.17) is 0 Å². The molecule has 106 valence electrons. The van der Waals surface area contributed by atoms with E-state index in [1.807, 2.05) is 0 Å². The Morgan fingerprint density at radius 2 is 2.05 bits per heavy atom. The number of hydrogen-bond acceptors (Lipinski definition) is 4. The van der Waals surface area contributed by atoms with Crippen LogP contribution < -0.4 is 10.2 Å². The summed E-state index contributed by atoms with van der Waals surface area (Å²) in [6.45, 7) is 10.8. The highest BCUT2D eigenvalue weighted by atomic mass is 15.3. The molecule has 1 aromatic heterocycles. The van der Waals surface area contributed by atoms with Crippen LogP contribution in [0.1, 0.15) is 46.2 Å². The average Bonchev–Trinajstić information content (AvgIpc) is 2.86. The molecule has 1 unspecified atom stereocenters. The van der Waals surface area contributed by atoms with Crippen molar-refractivity contribution in [3.63, 3.8) is 0 Å². The highest BCUT2D eigenvalue weighted by Crippen LogP contribution is 2.27. The molecular formula is C15H26N4. The van der Waals surface area contributed by atoms with Gasteiger partial charge >= 0.3 is 0 Å². The first-order valence-corrected chi connectivity index (χ1v) is 7.40. The summed E-state index contributed by atoms with van der Waals surface area (Å²) in [6, 6.07) is 5.30. The van der Waals surface area contributed by atoms with Gasteiger partial charge in [-0.05, 0) is 30.9 Å². The van der Waals surface area contributed by atoms with E-state index in [1.165, 1.54) is 12.8 Å². The van der Waals surface area contributed by atoms with Crippen molar-refractivity contribution >= 4 is 5.82 Å². The molecule has 2 heterocycles. The van der Waals surface area contributed by atoms with Crippen molar-refractivity contribution in [2.75, 3.05) is 11.4 Å². The van der Waals surface area contributed by atoms with Crippen molar-refractivity contribution in [2.45, 2.75) is 59.2 Å². The second-order valence-corrected chi connectivity index (χ2v) is 6.07. The number of nitrogens with zero attached hydrogens (tertiary/aromatic N) is 3. The molecule has 1 fully saturated rings. The quantitative estimate of drug-likeness (QED) is 0.885. The van der Waals surface area contributed by atoms with E-state index in [0.717, 1.165) is 24.6 Å². The SMILES string of the molecule is CC(C)NCc1ccc(N2CCCC2C(C)C)nn1. The maximum atomic E-state index is 4.41. The fraction of sp³-hybridized carbons (Fsp3) is 0.733. The van der Waals surface area contributed by atoms with Gasteiger partial charge in [0.15, 0.2) is 5.82 Å². The first-order chi connectivity index (χ1) is 9.08. The van der Waals surface area contributed by atoms with E-state index < -0.39 is 0 Å². The maximum absolute atomic E-state index is 4.41. The second kappa shape index (κ2) is 6.33. The van der Waals surface area contributed by atoms with Crippen LogP contribution in [0.5, 0.6) is 0 Å². The summed E-state index contributed by atoms with van der Waals surface area (Å²) in [7, 11) is 0. The normalized spacial score (nSPS) is 19.7. The van der Waals surface area contributed by atoms with Gasteiger partial charge in [0.25, 0.3) is 0 Å². The molecule has 1 aromatic rings. The lowest BCUT2D eigenvalue weighted by molar-refractivity contribution is 0.488. The van der Waals surface area contributed by atoms with Crippen LogP contribution in [0.3, 0.4) is 0 Å². The zero-order chi connectivity index (χ0) is 13.8. The van der Waals surface area contributed by atoms with E-state index in [9.17, 15) is 0 Å². The van der Waals surface area contributed by atoms with Crippen molar-refractivity contribution in [3.05, 3.63) is 17.8 Å². The zero-order valence-corrected chi connectivity index (χ0v) is 12.6. The van der Waals surface area contributed by atoms with Crippen molar-refractivity contribution < 1.29 is 0 Å². The summed E-state index contributed by atoms with van der Waals surface area (Å²) in [4.78, 5) is 2.41. The number of rotatable bonds is 5. The molecule has 1 atom stereocenters. The van der Waals surface area contributed by atoms with Crippen LogP contribution in [0, 0.1) is 5.92 Å². The van der Waals surface area contributed by atoms with Crippen LogP contribution in [0.2, 0.25) is 0 Å². The molecule has 2 rings (SSSR count). The molecular weight excluding hydrogens is 236 g/mol. The minimum absolute atomic E-state index is 0.477. The Hall–Kier alpha value is -1.16. The van der Waals surface area contributed by atoms with Crippen LogP contribution in [0.4, 0.5) is 5.82 Å². The highest BCUT2D eigenvalue weighted by molar-refractivity contribution is 5.40. The zero-order valence-electron chi connectivity index (χ0n) is 12.6. The molecule has 0 saturated carbocycles. The average molecular weight is 262 g/mol. The summed E-state index contributed by atoms with van der Waals surface area (Å²) in [5, 5.41) is 12.1. The number of hydrogen-bond donors (Lipinski definition) is 1. The van der Waals surface area contributed by atoms with Gasteiger partial charge in [-0.3, -0.25) is 0 Å². The third-order valence-corrected chi connectivity index (χ3v) is 3.76. The lowest BCUT2D eigenvalue weighted by Crippen LogP contribution is -2.34. The molecule has 0 bridgehead atoms. The number of aromatic nitrogens is 2. The summed E-state index contributed by atoms with van der Waals surface area (Å²) in [5.74, 6) is 1.70. The molecule has 0 aliphatic carbocycles. The topological polar surface area (TPSA) is 41.0 Å². The summed E-state index contributed by atoms with van der Waals surface area (Å²) >= 11 is 0. The second-order valence-electron chi connectivity index (χ2n) is 6.07. The van der Waals surface area contributed by atoms with Crippen LogP contribution in [-0.4, -0.2) is 28.8 Å². The largest absolute Gasteiger partial charge is 0.352 e. The molecule has 0 aromatic carbocycles. The highest BCUT2D eigenvalue weighted by Gasteiger charge is 2.28. The van der Waals surface area contributed by atoms with E-state index in [-0.39, 0.29) is 0 Å². The third-order valence-electron chi connectivity index (χ3n) is 3.76. The van der Waals surface area contributed by atoms with Gasteiger partial charge in [0.05, 0.1) is 5.69 Å². The molecule has 4 heteroatoms. The van der Waals surface area contributed by atoms with Gasteiger partial charge < -0.3 is 10.2 Å². The Bertz CT molecular complexity index is 386. The molecule has 1 N–H and O–H groups in total. The van der Waals surface area contributed by atoms with Crippen LogP contribution >= 0.6 is 0 Å². The Morgan fingerprint density at radius 3 is 2.63 bits per heavy atom. The van der Waals surface area contributed by atoms with Crippen LogP contribution in [0.25, 0.3) is 0 Å². The van der Waals surface area contributed by atoms with E-state index in [2.05, 4.69) is 60.2 Å². The number of anilines is 1. The molecule has 19 heavy (non-hydrogen) atoms. The van der Waals surface area contributed by atoms with Crippen LogP contribution in [-0.2, 0) is 6.54 Å². The minimum atomic E-state index is 0.477. The van der Waals surface area contributed by atoms with Crippen molar-refractivity contribution in [3.8, 4) is 0 Å². The van der Waals surface area contributed by atoms with E-state index in [1.54, 1.807) is 0 Å². The summed E-state index contributed by atoms with van der Waals surface area (Å²) < 4.78 is 0. The van der Waals surface area contributed by atoms with Gasteiger partial charge in [0.1, 0.15) is 0 Å². The molecule has 0 amide bonds. The first kappa shape index (κ1) is 14.3. The number of nitrogens with one attached hydrogen (secondary N) is 1. The smallest absolute Gasteiger partial charge is 0.151 e. The molecule has 1 aliphatic heterocycles. The van der Waals surface area contributed by atoms with Crippen molar-refractivity contribution in [2.24, 2.45) is 5.92 Å². The fourth-order valence-electron chi connectivity index (χ4n) is 2.68. The molecule has 0 radical (unpaired) electrons. The standard InChI is InChI=1S/C15H26N4/c1-11(2)14-6-5-9-19(14)15-8-7-13(17-18-15)10-16-12(3)4/h7-8,11-12,14,16H,5-6,9-10H2,1-4H3. The summed E-state index contributed by atoms with van der Waals surface area (Å²) in [5.41, 5.74) is 1.01. The summed E-state index contributed by atoms with van der Waals surface area (Å²) in [6.07, 6.45) is 2.54. The first-order valence-electron chi connectivity index (χ1n) is 7.40. The predicted octanol–water partition coefficient (Wildman–Crippen LogP) is 2.60. The Morgan fingerprint density at radius 1 is 1.26 bits per heavy atom. The third kappa shape index (κ3) is 3.66. The molecule has 1 aliphatic rings. The predicted molar refractivity (Wildman–Crippen MR) is 79.2 cm³/mol. The fourth-order valence-corrected chi connectivity index (χ4v) is 2.68. The monoisotopic (exact) mass is 262 g/mol.